The minimum Gasteiger partial charge on any atom is -0.396 e. The van der Waals surface area contributed by atoms with Gasteiger partial charge >= 0.3 is 0 Å². The summed E-state index contributed by atoms with van der Waals surface area (Å²) in [6.45, 7) is 9.63. The van der Waals surface area contributed by atoms with E-state index in [0.717, 1.165) is 44.5 Å². The van der Waals surface area contributed by atoms with Crippen LogP contribution in [0.4, 0.5) is 0 Å². The highest BCUT2D eigenvalue weighted by Gasteiger charge is 2.25. The molecule has 0 amide bonds. The zero-order valence-corrected chi connectivity index (χ0v) is 13.6. The Morgan fingerprint density at radius 3 is 2.17 bits per heavy atom. The molecule has 0 aliphatic heterocycles. The van der Waals surface area contributed by atoms with Crippen LogP contribution in [-0.4, -0.2) is 29.7 Å². The predicted molar refractivity (Wildman–Crippen MR) is 82.5 cm³/mol. The average molecular weight is 276 g/mol. The second-order valence-electron chi connectivity index (χ2n) is 5.90. The number of hydrogen-bond donors (Lipinski definition) is 2. The molecule has 0 fully saturated rings. The lowest BCUT2D eigenvalue weighted by Crippen LogP contribution is -2.31. The second-order valence-corrected chi connectivity index (χ2v) is 6.35. The first-order valence-electron chi connectivity index (χ1n) is 7.31. The van der Waals surface area contributed by atoms with Crippen molar-refractivity contribution in [2.24, 2.45) is 5.41 Å². The molecule has 0 rings (SSSR count). The Kier molecular flexibility index (Phi) is 9.36. The molecule has 0 saturated heterocycles. The fourth-order valence-electron chi connectivity index (χ4n) is 1.87. The quantitative estimate of drug-likeness (QED) is 0.440. The molecule has 0 heterocycles. The molecule has 2 nitrogen and oxygen atoms in total. The van der Waals surface area contributed by atoms with Gasteiger partial charge in [-0.15, -0.1) is 0 Å². The van der Waals surface area contributed by atoms with Crippen LogP contribution >= 0.6 is 12.6 Å². The van der Waals surface area contributed by atoms with Gasteiger partial charge in [-0.2, -0.15) is 12.6 Å². The smallest absolute Gasteiger partial charge is 0.0651 e. The number of unbranched alkanes of at least 4 members (excludes halogenated alkanes) is 1. The van der Waals surface area contributed by atoms with Gasteiger partial charge < -0.3 is 9.84 Å². The molecule has 110 valence electrons. The van der Waals surface area contributed by atoms with E-state index >= 15 is 0 Å². The van der Waals surface area contributed by atoms with Gasteiger partial charge in [-0.25, -0.2) is 0 Å². The first-order chi connectivity index (χ1) is 8.45. The molecule has 0 spiro atoms. The molecular weight excluding hydrogens is 244 g/mol. The van der Waals surface area contributed by atoms with Crippen LogP contribution in [0, 0.1) is 5.41 Å². The van der Waals surface area contributed by atoms with E-state index in [0.29, 0.717) is 0 Å². The van der Waals surface area contributed by atoms with Gasteiger partial charge in [0.2, 0.25) is 0 Å². The third kappa shape index (κ3) is 7.01. The third-order valence-electron chi connectivity index (χ3n) is 4.25. The fourth-order valence-corrected chi connectivity index (χ4v) is 2.10. The van der Waals surface area contributed by atoms with Crippen LogP contribution in [-0.2, 0) is 4.74 Å². The van der Waals surface area contributed by atoms with E-state index in [1.165, 1.54) is 6.42 Å². The summed E-state index contributed by atoms with van der Waals surface area (Å²) in [7, 11) is 0. The molecule has 0 saturated carbocycles. The summed E-state index contributed by atoms with van der Waals surface area (Å²) >= 11 is 4.24. The largest absolute Gasteiger partial charge is 0.396 e. The molecule has 0 radical (unpaired) electrons. The number of rotatable bonds is 11. The minimum atomic E-state index is -0.00689. The van der Waals surface area contributed by atoms with Crippen LogP contribution in [0.15, 0.2) is 0 Å². The highest BCUT2D eigenvalue weighted by molar-refractivity contribution is 7.80. The number of ether oxygens (including phenoxy) is 1. The van der Waals surface area contributed by atoms with Crippen molar-refractivity contribution < 1.29 is 9.84 Å². The Morgan fingerprint density at radius 1 is 1.06 bits per heavy atom. The molecule has 0 aromatic carbocycles. The van der Waals surface area contributed by atoms with E-state index in [9.17, 15) is 5.11 Å². The summed E-state index contributed by atoms with van der Waals surface area (Å²) < 4.78 is 6.09. The SMILES string of the molecule is CCC(C)(CO)CCOC(C)(CC)CCCCS. The van der Waals surface area contributed by atoms with Gasteiger partial charge in [-0.05, 0) is 56.6 Å². The van der Waals surface area contributed by atoms with E-state index in [1.807, 2.05) is 0 Å². The molecule has 0 aromatic heterocycles. The standard InChI is InChI=1S/C15H32O2S/c1-5-14(3,13-16)10-11-17-15(4,6-2)9-7-8-12-18/h16,18H,5-13H2,1-4H3. The van der Waals surface area contributed by atoms with E-state index in [1.54, 1.807) is 0 Å². The van der Waals surface area contributed by atoms with Gasteiger partial charge in [-0.3, -0.25) is 0 Å². The lowest BCUT2D eigenvalue weighted by atomic mass is 9.85. The lowest BCUT2D eigenvalue weighted by molar-refractivity contribution is -0.0568. The molecule has 18 heavy (non-hydrogen) atoms. The molecule has 0 aromatic rings. The molecule has 0 bridgehead atoms. The molecular formula is C15H32O2S. The Bertz CT molecular complexity index is 205. The van der Waals surface area contributed by atoms with Crippen molar-refractivity contribution in [1.29, 1.82) is 0 Å². The molecule has 0 aliphatic rings. The topological polar surface area (TPSA) is 29.5 Å². The highest BCUT2D eigenvalue weighted by Crippen LogP contribution is 2.28. The van der Waals surface area contributed by atoms with Crippen LogP contribution < -0.4 is 0 Å². The van der Waals surface area contributed by atoms with Crippen molar-refractivity contribution >= 4 is 12.6 Å². The van der Waals surface area contributed by atoms with Crippen molar-refractivity contribution in [2.75, 3.05) is 19.0 Å². The van der Waals surface area contributed by atoms with Crippen molar-refractivity contribution in [2.45, 2.75) is 71.8 Å². The summed E-state index contributed by atoms with van der Waals surface area (Å²) in [4.78, 5) is 0. The van der Waals surface area contributed by atoms with Crippen molar-refractivity contribution in [3.63, 3.8) is 0 Å². The van der Waals surface area contributed by atoms with E-state index in [4.69, 9.17) is 4.74 Å². The summed E-state index contributed by atoms with van der Waals surface area (Å²) in [6.07, 6.45) is 6.41. The molecule has 2 unspecified atom stereocenters. The third-order valence-corrected chi connectivity index (χ3v) is 4.57. The van der Waals surface area contributed by atoms with Gasteiger partial charge in [0.15, 0.2) is 0 Å². The Labute approximate surface area is 119 Å². The maximum absolute atomic E-state index is 9.38. The fraction of sp³-hybridized carbons (Fsp3) is 1.00. The summed E-state index contributed by atoms with van der Waals surface area (Å²) in [5, 5.41) is 9.38. The zero-order valence-electron chi connectivity index (χ0n) is 12.7. The van der Waals surface area contributed by atoms with Crippen LogP contribution in [0.5, 0.6) is 0 Å². The van der Waals surface area contributed by atoms with Crippen LogP contribution in [0.2, 0.25) is 0 Å². The number of aliphatic hydroxyl groups excluding tert-OH is 1. The minimum absolute atomic E-state index is 0.00689. The van der Waals surface area contributed by atoms with Gasteiger partial charge in [0, 0.05) is 13.2 Å². The summed E-state index contributed by atoms with van der Waals surface area (Å²) in [5.41, 5.74) is 0.00675. The van der Waals surface area contributed by atoms with Gasteiger partial charge in [0.25, 0.3) is 0 Å². The number of aliphatic hydroxyl groups is 1. The van der Waals surface area contributed by atoms with Crippen molar-refractivity contribution in [3.05, 3.63) is 0 Å². The van der Waals surface area contributed by atoms with Gasteiger partial charge in [-0.1, -0.05) is 20.8 Å². The second kappa shape index (κ2) is 9.22. The van der Waals surface area contributed by atoms with Crippen LogP contribution in [0.1, 0.15) is 66.2 Å². The van der Waals surface area contributed by atoms with Gasteiger partial charge in [0.05, 0.1) is 5.60 Å². The number of hydrogen-bond acceptors (Lipinski definition) is 3. The first kappa shape index (κ1) is 18.3. The normalized spacial score (nSPS) is 18.3. The van der Waals surface area contributed by atoms with Crippen LogP contribution in [0.3, 0.4) is 0 Å². The summed E-state index contributed by atoms with van der Waals surface area (Å²) in [5.74, 6) is 0.957. The maximum Gasteiger partial charge on any atom is 0.0651 e. The lowest BCUT2D eigenvalue weighted by Gasteiger charge is -2.32. The Morgan fingerprint density at radius 2 is 1.72 bits per heavy atom. The monoisotopic (exact) mass is 276 g/mol. The summed E-state index contributed by atoms with van der Waals surface area (Å²) in [6, 6.07) is 0. The predicted octanol–water partition coefficient (Wildman–Crippen LogP) is 4.07. The average Bonchev–Trinajstić information content (AvgIpc) is 2.39. The molecule has 2 atom stereocenters. The first-order valence-corrected chi connectivity index (χ1v) is 7.94. The Hall–Kier alpha value is 0.270. The van der Waals surface area contributed by atoms with Gasteiger partial charge in [0.1, 0.15) is 0 Å². The number of thiol groups is 1. The molecule has 1 N–H and O–H groups in total. The van der Waals surface area contributed by atoms with Crippen molar-refractivity contribution in [1.82, 2.24) is 0 Å². The van der Waals surface area contributed by atoms with Crippen LogP contribution in [0.25, 0.3) is 0 Å². The molecule has 0 aliphatic carbocycles. The Balaban J connectivity index is 4.05. The molecule has 3 heteroatoms. The zero-order chi connectivity index (χ0) is 14.1. The maximum atomic E-state index is 9.38. The van der Waals surface area contributed by atoms with E-state index in [-0.39, 0.29) is 17.6 Å². The van der Waals surface area contributed by atoms with Crippen molar-refractivity contribution in [3.8, 4) is 0 Å². The highest BCUT2D eigenvalue weighted by atomic mass is 32.1. The van der Waals surface area contributed by atoms with E-state index < -0.39 is 0 Å². The van der Waals surface area contributed by atoms with E-state index in [2.05, 4.69) is 40.3 Å².